The third-order valence-electron chi connectivity index (χ3n) is 9.04. The van der Waals surface area contributed by atoms with Crippen LogP contribution in [0.3, 0.4) is 0 Å². The maximum atomic E-state index is 15.4. The van der Waals surface area contributed by atoms with Crippen LogP contribution in [0.4, 0.5) is 19.1 Å². The van der Waals surface area contributed by atoms with Crippen LogP contribution >= 0.6 is 0 Å². The number of nitrogens with two attached hydrogens (primary N) is 1. The van der Waals surface area contributed by atoms with Gasteiger partial charge in [-0.2, -0.15) is 22.5 Å². The molecule has 0 aliphatic carbocycles. The molecule has 0 unspecified atom stereocenters. The molecule has 0 fully saturated rings. The van der Waals surface area contributed by atoms with Crippen molar-refractivity contribution in [3.05, 3.63) is 119 Å². The van der Waals surface area contributed by atoms with Crippen molar-refractivity contribution >= 4 is 27.1 Å². The van der Waals surface area contributed by atoms with E-state index in [1.807, 2.05) is 0 Å². The second-order valence-corrected chi connectivity index (χ2v) is 14.4. The molecule has 7 rings (SSSR count). The summed E-state index contributed by atoms with van der Waals surface area (Å²) >= 11 is 0. The number of anilines is 1. The first kappa shape index (κ1) is 37.8. The Morgan fingerprint density at radius 2 is 1.32 bits per heavy atom. The van der Waals surface area contributed by atoms with Crippen LogP contribution in [0.2, 0.25) is 0 Å². The lowest BCUT2D eigenvalue weighted by Crippen LogP contribution is -2.32. The molecule has 0 bridgehead atoms. The van der Waals surface area contributed by atoms with Crippen molar-refractivity contribution in [1.29, 1.82) is 0 Å². The fourth-order valence-corrected chi connectivity index (χ4v) is 8.11. The molecule has 0 aliphatic heterocycles. The molecular formula is C38H34F3N9O5S. The zero-order valence-corrected chi connectivity index (χ0v) is 31.0. The first-order valence-electron chi connectivity index (χ1n) is 16.9. The number of nitrogens with zero attached hydrogens (tertiary/aromatic N) is 7. The zero-order chi connectivity index (χ0) is 39.6. The number of aromatic nitrogens is 7. The minimum atomic E-state index is -5.15. The molecule has 0 spiro atoms. The molecule has 7 aromatic rings. The third-order valence-corrected chi connectivity index (χ3v) is 10.9. The van der Waals surface area contributed by atoms with Gasteiger partial charge in [0.1, 0.15) is 22.1 Å². The molecule has 3 N–H and O–H groups in total. The number of alkyl halides is 3. The number of nitrogen functional groups attached to an aromatic ring is 1. The number of fused-ring (bicyclic) bond motifs is 1. The van der Waals surface area contributed by atoms with E-state index in [0.717, 1.165) is 10.4 Å². The molecule has 18 heteroatoms. The first-order chi connectivity index (χ1) is 26.9. The number of ether oxygens (including phenoxy) is 3. The monoisotopic (exact) mass is 785 g/mol. The topological polar surface area (TPSA) is 176 Å². The predicted molar refractivity (Wildman–Crippen MR) is 200 cm³/mol. The number of rotatable bonds is 13. The predicted octanol–water partition coefficient (Wildman–Crippen LogP) is 6.34. The highest BCUT2D eigenvalue weighted by Gasteiger charge is 2.43. The summed E-state index contributed by atoms with van der Waals surface area (Å²) in [5.41, 5.74) is 6.54. The number of tetrazole rings is 1. The number of nitrogens with one attached hydrogen (secondary N) is 1. The molecule has 14 nitrogen and oxygen atoms in total. The van der Waals surface area contributed by atoms with Crippen LogP contribution in [0, 0.1) is 0 Å². The van der Waals surface area contributed by atoms with Crippen LogP contribution in [-0.4, -0.2) is 69.2 Å². The fourth-order valence-electron chi connectivity index (χ4n) is 6.29. The minimum absolute atomic E-state index is 0.00393. The van der Waals surface area contributed by atoms with Gasteiger partial charge in [-0.25, -0.2) is 18.1 Å². The van der Waals surface area contributed by atoms with E-state index >= 15 is 21.6 Å². The molecule has 3 aromatic heterocycles. The van der Waals surface area contributed by atoms with Gasteiger partial charge >= 0.3 is 6.18 Å². The van der Waals surface area contributed by atoms with Crippen LogP contribution in [0.25, 0.3) is 33.7 Å². The number of hydrogen-bond donors (Lipinski definition) is 2. The molecule has 288 valence electrons. The smallest absolute Gasteiger partial charge is 0.417 e. The van der Waals surface area contributed by atoms with E-state index < -0.39 is 32.2 Å². The molecule has 56 heavy (non-hydrogen) atoms. The molecule has 0 saturated heterocycles. The summed E-state index contributed by atoms with van der Waals surface area (Å²) in [6, 6.07) is 23.5. The van der Waals surface area contributed by atoms with Gasteiger partial charge in [0, 0.05) is 30.4 Å². The van der Waals surface area contributed by atoms with Gasteiger partial charge in [0.05, 0.1) is 39.0 Å². The van der Waals surface area contributed by atoms with Crippen LogP contribution in [0.5, 0.6) is 17.2 Å². The molecule has 0 saturated carbocycles. The highest BCUT2D eigenvalue weighted by atomic mass is 32.2. The lowest BCUT2D eigenvalue weighted by atomic mass is 9.96. The molecule has 0 amide bonds. The number of sulfonamides is 1. The third kappa shape index (κ3) is 7.56. The Hall–Kier alpha value is -6.53. The average Bonchev–Trinajstić information content (AvgIpc) is 3.82. The molecule has 3 heterocycles. The average molecular weight is 786 g/mol. The first-order valence-corrected chi connectivity index (χ1v) is 18.3. The van der Waals surface area contributed by atoms with Crippen molar-refractivity contribution in [3.63, 3.8) is 0 Å². The highest BCUT2D eigenvalue weighted by molar-refractivity contribution is 7.89. The lowest BCUT2D eigenvalue weighted by molar-refractivity contribution is -0.139. The molecule has 4 aromatic carbocycles. The Morgan fingerprint density at radius 1 is 0.768 bits per heavy atom. The number of methoxy groups -OCH3 is 3. The quantitative estimate of drug-likeness (QED) is 0.133. The number of aromatic amines is 1. The largest absolute Gasteiger partial charge is 0.497 e. The van der Waals surface area contributed by atoms with Gasteiger partial charge in [-0.15, -0.1) is 5.10 Å². The summed E-state index contributed by atoms with van der Waals surface area (Å²) in [6.45, 7) is -0.662. The summed E-state index contributed by atoms with van der Waals surface area (Å²) in [6.07, 6.45) is -3.75. The second kappa shape index (κ2) is 15.3. The van der Waals surface area contributed by atoms with E-state index in [-0.39, 0.29) is 53.7 Å². The van der Waals surface area contributed by atoms with Crippen molar-refractivity contribution in [3.8, 4) is 39.8 Å². The zero-order valence-electron chi connectivity index (χ0n) is 30.2. The Labute approximate surface area is 318 Å². The minimum Gasteiger partial charge on any atom is -0.497 e. The van der Waals surface area contributed by atoms with Gasteiger partial charge in [0.15, 0.2) is 17.4 Å². The molecule has 0 aliphatic rings. The maximum Gasteiger partial charge on any atom is 0.417 e. The fraction of sp³-hybridized carbons (Fsp3) is 0.184. The van der Waals surface area contributed by atoms with Crippen LogP contribution < -0.4 is 19.9 Å². The standard InChI is InChI=1S/C38H34F3N9O5S/c1-53-26-10-4-23(5-11-26)20-49(21-24-6-12-27(54-2)13-7-24)56(51,52)34-31(38(39,40)41)17-16-29(30-18-19-43-35-33(30)44-37(42)45-35)32(34)36-46-47-48-50(36)22-25-8-14-28(55-3)15-9-25/h4-19H,20-22H2,1-3H3,(H3,42,43,44,45). The summed E-state index contributed by atoms with van der Waals surface area (Å²) < 4.78 is 95.0. The van der Waals surface area contributed by atoms with E-state index in [2.05, 4.69) is 30.5 Å². The Balaban J connectivity index is 1.51. The number of imidazole rings is 1. The number of benzene rings is 4. The Bertz CT molecular complexity index is 2550. The van der Waals surface area contributed by atoms with Gasteiger partial charge in [0.25, 0.3) is 0 Å². The van der Waals surface area contributed by atoms with Gasteiger partial charge in [0.2, 0.25) is 10.0 Å². The van der Waals surface area contributed by atoms with E-state index in [9.17, 15) is 0 Å². The SMILES string of the molecule is COc1ccc(CN(Cc2ccc(OC)cc2)S(=O)(=O)c2c(C(F)(F)F)ccc(-c3ccnc4nc(N)[nH]c34)c2-c2nnnn2Cc2ccc(OC)cc2)cc1. The second-order valence-electron chi connectivity index (χ2n) is 12.5. The summed E-state index contributed by atoms with van der Waals surface area (Å²) in [4.78, 5) is 10.3. The Morgan fingerprint density at radius 3 is 1.86 bits per heavy atom. The van der Waals surface area contributed by atoms with Crippen LogP contribution in [0.1, 0.15) is 22.3 Å². The van der Waals surface area contributed by atoms with E-state index in [0.29, 0.717) is 33.9 Å². The van der Waals surface area contributed by atoms with Crippen molar-refractivity contribution in [2.45, 2.75) is 30.7 Å². The van der Waals surface area contributed by atoms with Gasteiger partial charge in [-0.05, 0) is 81.2 Å². The molecule has 0 atom stereocenters. The van der Waals surface area contributed by atoms with Gasteiger partial charge < -0.3 is 24.9 Å². The number of halogens is 3. The van der Waals surface area contributed by atoms with Crippen molar-refractivity contribution in [1.82, 2.24) is 39.5 Å². The van der Waals surface area contributed by atoms with E-state index in [4.69, 9.17) is 19.9 Å². The number of hydrogen-bond acceptors (Lipinski definition) is 11. The molecule has 0 radical (unpaired) electrons. The maximum absolute atomic E-state index is 15.4. The van der Waals surface area contributed by atoms with Gasteiger partial charge in [-0.1, -0.05) is 42.5 Å². The molecular weight excluding hydrogens is 752 g/mol. The van der Waals surface area contributed by atoms with E-state index in [1.165, 1.54) is 44.3 Å². The normalized spacial score (nSPS) is 12.0. The Kier molecular flexibility index (Phi) is 10.3. The lowest BCUT2D eigenvalue weighted by Gasteiger charge is -2.27. The van der Waals surface area contributed by atoms with Crippen LogP contribution in [-0.2, 0) is 35.8 Å². The summed E-state index contributed by atoms with van der Waals surface area (Å²) in [7, 11) is -0.632. The summed E-state index contributed by atoms with van der Waals surface area (Å²) in [5.74, 6) is 1.36. The highest BCUT2D eigenvalue weighted by Crippen LogP contribution is 2.46. The van der Waals surface area contributed by atoms with Crippen molar-refractivity contribution in [2.75, 3.05) is 27.1 Å². The van der Waals surface area contributed by atoms with Crippen LogP contribution in [0.15, 0.2) is 102 Å². The summed E-state index contributed by atoms with van der Waals surface area (Å²) in [5, 5.41) is 12.1. The van der Waals surface area contributed by atoms with E-state index in [1.54, 1.807) is 72.8 Å². The number of pyridine rings is 1. The number of H-pyrrole nitrogens is 1. The van der Waals surface area contributed by atoms with Gasteiger partial charge in [-0.3, -0.25) is 0 Å². The van der Waals surface area contributed by atoms with Crippen molar-refractivity contribution < 1.29 is 35.8 Å². The van der Waals surface area contributed by atoms with Crippen molar-refractivity contribution in [2.24, 2.45) is 0 Å².